The number of nitrogen functional groups attached to an aromatic ring is 1. The standard InChI is InChI=1S/C16H15N3OS/c17-13-8-6-12(7-9-13)10-16-18-15(19-20-16)11-21-14-4-2-1-3-5-14/h1-9H,10-11,17H2. The molecule has 0 bridgehead atoms. The predicted molar refractivity (Wildman–Crippen MR) is 84.0 cm³/mol. The summed E-state index contributed by atoms with van der Waals surface area (Å²) in [5.41, 5.74) is 7.53. The maximum absolute atomic E-state index is 5.66. The molecule has 2 N–H and O–H groups in total. The Bertz CT molecular complexity index is 695. The lowest BCUT2D eigenvalue weighted by atomic mass is 10.1. The fourth-order valence-electron chi connectivity index (χ4n) is 1.90. The maximum atomic E-state index is 5.66. The van der Waals surface area contributed by atoms with Gasteiger partial charge >= 0.3 is 0 Å². The second-order valence-corrected chi connectivity index (χ2v) is 5.67. The van der Waals surface area contributed by atoms with Crippen molar-refractivity contribution in [2.24, 2.45) is 0 Å². The first kappa shape index (κ1) is 13.7. The fourth-order valence-corrected chi connectivity index (χ4v) is 2.66. The molecule has 0 unspecified atom stereocenters. The number of hydrogen-bond acceptors (Lipinski definition) is 5. The molecule has 3 rings (SSSR count). The number of thioether (sulfide) groups is 1. The molecule has 0 aliphatic heterocycles. The Balaban J connectivity index is 1.59. The summed E-state index contributed by atoms with van der Waals surface area (Å²) >= 11 is 1.69. The summed E-state index contributed by atoms with van der Waals surface area (Å²) in [6, 6.07) is 17.9. The van der Waals surface area contributed by atoms with Crippen LogP contribution in [0.5, 0.6) is 0 Å². The van der Waals surface area contributed by atoms with Crippen LogP contribution >= 0.6 is 11.8 Å². The van der Waals surface area contributed by atoms with Crippen LogP contribution < -0.4 is 5.73 Å². The Hall–Kier alpha value is -2.27. The third-order valence-corrected chi connectivity index (χ3v) is 3.96. The minimum absolute atomic E-state index is 0.628. The van der Waals surface area contributed by atoms with E-state index in [2.05, 4.69) is 22.3 Å². The van der Waals surface area contributed by atoms with Gasteiger partial charge in [0, 0.05) is 10.6 Å². The fraction of sp³-hybridized carbons (Fsp3) is 0.125. The summed E-state index contributed by atoms with van der Waals surface area (Å²) in [4.78, 5) is 5.61. The van der Waals surface area contributed by atoms with Crippen LogP contribution in [0, 0.1) is 0 Å². The van der Waals surface area contributed by atoms with Gasteiger partial charge in [0.25, 0.3) is 0 Å². The molecule has 5 heteroatoms. The Morgan fingerprint density at radius 1 is 1.00 bits per heavy atom. The van der Waals surface area contributed by atoms with Crippen LogP contribution in [0.25, 0.3) is 0 Å². The van der Waals surface area contributed by atoms with Crippen LogP contribution in [-0.4, -0.2) is 10.1 Å². The highest BCUT2D eigenvalue weighted by Crippen LogP contribution is 2.21. The highest BCUT2D eigenvalue weighted by atomic mass is 32.2. The van der Waals surface area contributed by atoms with E-state index in [1.807, 2.05) is 42.5 Å². The Morgan fingerprint density at radius 3 is 2.52 bits per heavy atom. The molecule has 3 aromatic rings. The van der Waals surface area contributed by atoms with Crippen molar-refractivity contribution in [3.63, 3.8) is 0 Å². The van der Waals surface area contributed by atoms with Crippen molar-refractivity contribution in [2.45, 2.75) is 17.1 Å². The van der Waals surface area contributed by atoms with Gasteiger partial charge in [-0.05, 0) is 29.8 Å². The van der Waals surface area contributed by atoms with Crippen molar-refractivity contribution in [1.29, 1.82) is 0 Å². The van der Waals surface area contributed by atoms with Crippen molar-refractivity contribution < 1.29 is 4.52 Å². The molecule has 0 spiro atoms. The second-order valence-electron chi connectivity index (χ2n) is 4.62. The van der Waals surface area contributed by atoms with Crippen LogP contribution in [0.15, 0.2) is 64.0 Å². The zero-order valence-electron chi connectivity index (χ0n) is 11.4. The molecule has 0 saturated heterocycles. The maximum Gasteiger partial charge on any atom is 0.231 e. The highest BCUT2D eigenvalue weighted by Gasteiger charge is 2.07. The lowest BCUT2D eigenvalue weighted by Gasteiger charge is -1.97. The molecule has 0 atom stereocenters. The highest BCUT2D eigenvalue weighted by molar-refractivity contribution is 7.98. The van der Waals surface area contributed by atoms with Crippen molar-refractivity contribution in [3.8, 4) is 0 Å². The average molecular weight is 297 g/mol. The molecule has 2 aromatic carbocycles. The lowest BCUT2D eigenvalue weighted by molar-refractivity contribution is 0.381. The summed E-state index contributed by atoms with van der Waals surface area (Å²) in [6.45, 7) is 0. The van der Waals surface area contributed by atoms with Crippen LogP contribution in [0.3, 0.4) is 0 Å². The molecule has 1 heterocycles. The van der Waals surface area contributed by atoms with E-state index < -0.39 is 0 Å². The molecule has 0 saturated carbocycles. The van der Waals surface area contributed by atoms with Gasteiger partial charge in [-0.3, -0.25) is 0 Å². The summed E-state index contributed by atoms with van der Waals surface area (Å²) in [5, 5.41) is 4.01. The quantitative estimate of drug-likeness (QED) is 0.576. The molecule has 21 heavy (non-hydrogen) atoms. The summed E-state index contributed by atoms with van der Waals surface area (Å²) in [6.07, 6.45) is 0.628. The van der Waals surface area contributed by atoms with Crippen LogP contribution in [0.4, 0.5) is 5.69 Å². The molecule has 0 aliphatic rings. The molecule has 4 nitrogen and oxygen atoms in total. The van der Waals surface area contributed by atoms with Crippen LogP contribution in [0.1, 0.15) is 17.3 Å². The molecule has 0 amide bonds. The molecule has 0 radical (unpaired) electrons. The SMILES string of the molecule is Nc1ccc(Cc2nc(CSc3ccccc3)no2)cc1. The number of anilines is 1. The van der Waals surface area contributed by atoms with E-state index in [0.717, 1.165) is 11.3 Å². The minimum Gasteiger partial charge on any atom is -0.399 e. The first-order valence-electron chi connectivity index (χ1n) is 6.63. The van der Waals surface area contributed by atoms with Gasteiger partial charge in [-0.2, -0.15) is 4.98 Å². The Kier molecular flexibility index (Phi) is 4.21. The van der Waals surface area contributed by atoms with Crippen molar-refractivity contribution in [3.05, 3.63) is 71.9 Å². The van der Waals surface area contributed by atoms with Crippen LogP contribution in [-0.2, 0) is 12.2 Å². The van der Waals surface area contributed by atoms with Gasteiger partial charge in [-0.25, -0.2) is 0 Å². The van der Waals surface area contributed by atoms with Gasteiger partial charge in [0.2, 0.25) is 5.89 Å². The van der Waals surface area contributed by atoms with Crippen molar-refractivity contribution in [2.75, 3.05) is 5.73 Å². The average Bonchev–Trinajstić information content (AvgIpc) is 2.96. The summed E-state index contributed by atoms with van der Waals surface area (Å²) < 4.78 is 5.28. The van der Waals surface area contributed by atoms with E-state index in [1.165, 1.54) is 4.90 Å². The molecule has 0 aliphatic carbocycles. The number of nitrogens with two attached hydrogens (primary N) is 1. The van der Waals surface area contributed by atoms with Crippen molar-refractivity contribution in [1.82, 2.24) is 10.1 Å². The second kappa shape index (κ2) is 6.45. The first-order valence-corrected chi connectivity index (χ1v) is 7.62. The third kappa shape index (κ3) is 3.86. The lowest BCUT2D eigenvalue weighted by Crippen LogP contribution is -1.91. The number of nitrogens with zero attached hydrogens (tertiary/aromatic N) is 2. The number of rotatable bonds is 5. The summed E-state index contributed by atoms with van der Waals surface area (Å²) in [5.74, 6) is 2.05. The monoisotopic (exact) mass is 297 g/mol. The largest absolute Gasteiger partial charge is 0.399 e. The van der Waals surface area contributed by atoms with Gasteiger partial charge in [-0.1, -0.05) is 35.5 Å². The zero-order chi connectivity index (χ0) is 14.5. The Morgan fingerprint density at radius 2 is 1.76 bits per heavy atom. The van der Waals surface area contributed by atoms with E-state index in [9.17, 15) is 0 Å². The van der Waals surface area contributed by atoms with Gasteiger partial charge in [0.1, 0.15) is 0 Å². The predicted octanol–water partition coefficient (Wildman–Crippen LogP) is 3.53. The molecule has 106 valence electrons. The summed E-state index contributed by atoms with van der Waals surface area (Å²) in [7, 11) is 0. The number of benzene rings is 2. The molecule has 0 fully saturated rings. The third-order valence-electron chi connectivity index (χ3n) is 2.96. The number of hydrogen-bond donors (Lipinski definition) is 1. The van der Waals surface area contributed by atoms with Crippen LogP contribution in [0.2, 0.25) is 0 Å². The normalized spacial score (nSPS) is 10.7. The molecular formula is C16H15N3OS. The van der Waals surface area contributed by atoms with Crippen molar-refractivity contribution >= 4 is 17.4 Å². The number of aromatic nitrogens is 2. The minimum atomic E-state index is 0.628. The van der Waals surface area contributed by atoms with E-state index in [-0.39, 0.29) is 0 Å². The zero-order valence-corrected chi connectivity index (χ0v) is 12.2. The topological polar surface area (TPSA) is 64.9 Å². The van der Waals surface area contributed by atoms with E-state index in [1.54, 1.807) is 11.8 Å². The Labute approximate surface area is 127 Å². The van der Waals surface area contributed by atoms with Gasteiger partial charge in [0.05, 0.1) is 12.2 Å². The van der Waals surface area contributed by atoms with Gasteiger partial charge < -0.3 is 10.3 Å². The molecule has 1 aromatic heterocycles. The van der Waals surface area contributed by atoms with E-state index >= 15 is 0 Å². The van der Waals surface area contributed by atoms with Gasteiger partial charge in [0.15, 0.2) is 5.82 Å². The molecular weight excluding hydrogens is 282 g/mol. The smallest absolute Gasteiger partial charge is 0.231 e. The first-order chi connectivity index (χ1) is 10.3. The van der Waals surface area contributed by atoms with E-state index in [0.29, 0.717) is 23.9 Å². The van der Waals surface area contributed by atoms with Gasteiger partial charge in [-0.15, -0.1) is 11.8 Å². The van der Waals surface area contributed by atoms with E-state index in [4.69, 9.17) is 10.3 Å².